The molecule has 0 aromatic carbocycles. The van der Waals surface area contributed by atoms with E-state index >= 15 is 0 Å². The van der Waals surface area contributed by atoms with Crippen molar-refractivity contribution in [2.75, 3.05) is 13.1 Å². The average Bonchev–Trinajstić information content (AvgIpc) is 2.26. The number of hydrogen-bond donors (Lipinski definition) is 1. The van der Waals surface area contributed by atoms with Gasteiger partial charge in [0, 0.05) is 18.1 Å². The van der Waals surface area contributed by atoms with Gasteiger partial charge in [-0.05, 0) is 45.7 Å². The summed E-state index contributed by atoms with van der Waals surface area (Å²) in [4.78, 5) is 2.59. The van der Waals surface area contributed by atoms with E-state index in [0.717, 1.165) is 18.1 Å². The van der Waals surface area contributed by atoms with Crippen LogP contribution in [0.5, 0.6) is 0 Å². The topological polar surface area (TPSA) is 15.3 Å². The minimum atomic E-state index is 0.732. The van der Waals surface area contributed by atoms with E-state index in [1.807, 2.05) is 0 Å². The molecular formula is C13H28N2. The number of piperidine rings is 1. The Morgan fingerprint density at radius 2 is 1.93 bits per heavy atom. The molecule has 2 atom stereocenters. The molecule has 0 aliphatic carbocycles. The smallest absolute Gasteiger partial charge is 0.00966 e. The van der Waals surface area contributed by atoms with Gasteiger partial charge in [0.25, 0.3) is 0 Å². The van der Waals surface area contributed by atoms with Gasteiger partial charge in [0.15, 0.2) is 0 Å². The van der Waals surface area contributed by atoms with Crippen LogP contribution >= 0.6 is 0 Å². The van der Waals surface area contributed by atoms with Gasteiger partial charge in [-0.2, -0.15) is 0 Å². The van der Waals surface area contributed by atoms with Gasteiger partial charge in [-0.15, -0.1) is 0 Å². The number of hydrogen-bond acceptors (Lipinski definition) is 2. The maximum absolute atomic E-state index is 3.80. The predicted octanol–water partition coefficient (Wildman–Crippen LogP) is 2.64. The Bertz CT molecular complexity index is 166. The molecule has 1 rings (SSSR count). The molecule has 1 aliphatic heterocycles. The molecule has 1 N–H and O–H groups in total. The van der Waals surface area contributed by atoms with E-state index in [4.69, 9.17) is 0 Å². The maximum atomic E-state index is 3.80. The summed E-state index contributed by atoms with van der Waals surface area (Å²) in [6.07, 6.45) is 5.18. The molecule has 1 saturated heterocycles. The molecule has 2 unspecified atom stereocenters. The zero-order valence-corrected chi connectivity index (χ0v) is 10.9. The summed E-state index contributed by atoms with van der Waals surface area (Å²) in [5, 5.41) is 3.80. The van der Waals surface area contributed by atoms with Gasteiger partial charge >= 0.3 is 0 Å². The van der Waals surface area contributed by atoms with E-state index in [0.29, 0.717) is 0 Å². The monoisotopic (exact) mass is 212 g/mol. The van der Waals surface area contributed by atoms with E-state index in [9.17, 15) is 0 Å². The van der Waals surface area contributed by atoms with Crippen molar-refractivity contribution in [2.45, 2.75) is 71.5 Å². The lowest BCUT2D eigenvalue weighted by atomic mass is 9.97. The third kappa shape index (κ3) is 3.76. The molecule has 2 heteroatoms. The van der Waals surface area contributed by atoms with Crippen molar-refractivity contribution in [3.63, 3.8) is 0 Å². The quantitative estimate of drug-likeness (QED) is 0.753. The van der Waals surface area contributed by atoms with E-state index < -0.39 is 0 Å². The van der Waals surface area contributed by atoms with Crippen LogP contribution in [0.2, 0.25) is 0 Å². The molecule has 1 heterocycles. The lowest BCUT2D eigenvalue weighted by Gasteiger charge is -2.38. The van der Waals surface area contributed by atoms with Crippen LogP contribution in [0.25, 0.3) is 0 Å². The first-order chi connectivity index (χ1) is 7.21. The van der Waals surface area contributed by atoms with Crippen LogP contribution in [-0.4, -0.2) is 36.1 Å². The van der Waals surface area contributed by atoms with E-state index in [1.54, 1.807) is 0 Å². The highest BCUT2D eigenvalue weighted by Crippen LogP contribution is 2.17. The third-order valence-corrected chi connectivity index (χ3v) is 3.88. The molecule has 0 aromatic rings. The molecular weight excluding hydrogens is 184 g/mol. The van der Waals surface area contributed by atoms with E-state index in [1.165, 1.54) is 38.8 Å². The Kier molecular flexibility index (Phi) is 5.62. The van der Waals surface area contributed by atoms with Crippen molar-refractivity contribution < 1.29 is 0 Å². The van der Waals surface area contributed by atoms with Crippen LogP contribution < -0.4 is 5.32 Å². The summed E-state index contributed by atoms with van der Waals surface area (Å²) < 4.78 is 0. The first-order valence-corrected chi connectivity index (χ1v) is 6.71. The molecule has 0 spiro atoms. The second kappa shape index (κ2) is 6.49. The van der Waals surface area contributed by atoms with Gasteiger partial charge in [0.1, 0.15) is 0 Å². The van der Waals surface area contributed by atoms with Crippen molar-refractivity contribution >= 4 is 0 Å². The summed E-state index contributed by atoms with van der Waals surface area (Å²) in [7, 11) is 0. The normalized spacial score (nSPS) is 28.6. The fourth-order valence-corrected chi connectivity index (χ4v) is 2.70. The van der Waals surface area contributed by atoms with Crippen molar-refractivity contribution in [1.82, 2.24) is 10.2 Å². The third-order valence-electron chi connectivity index (χ3n) is 3.88. The highest BCUT2D eigenvalue weighted by Gasteiger charge is 2.24. The minimum Gasteiger partial charge on any atom is -0.311 e. The molecule has 0 aromatic heterocycles. The molecule has 0 saturated carbocycles. The summed E-state index contributed by atoms with van der Waals surface area (Å²) in [5.74, 6) is 0. The summed E-state index contributed by atoms with van der Waals surface area (Å²) in [5.41, 5.74) is 0. The van der Waals surface area contributed by atoms with Crippen LogP contribution in [0.3, 0.4) is 0 Å². The first kappa shape index (κ1) is 13.0. The average molecular weight is 212 g/mol. The SMILES string of the molecule is CCC(CC)NC1CCN(CC)C(C)C1. The largest absolute Gasteiger partial charge is 0.311 e. The Balaban J connectivity index is 2.33. The standard InChI is InChI=1S/C13H28N2/c1-5-12(6-2)14-13-8-9-15(7-3)11(4)10-13/h11-14H,5-10H2,1-4H3. The molecule has 15 heavy (non-hydrogen) atoms. The number of nitrogens with zero attached hydrogens (tertiary/aromatic N) is 1. The van der Waals surface area contributed by atoms with Gasteiger partial charge in [0.2, 0.25) is 0 Å². The van der Waals surface area contributed by atoms with Crippen LogP contribution in [0.4, 0.5) is 0 Å². The van der Waals surface area contributed by atoms with Gasteiger partial charge in [-0.3, -0.25) is 0 Å². The van der Waals surface area contributed by atoms with Crippen molar-refractivity contribution in [3.05, 3.63) is 0 Å². The molecule has 0 radical (unpaired) electrons. The molecule has 2 nitrogen and oxygen atoms in total. The second-order valence-electron chi connectivity index (χ2n) is 4.88. The molecule has 1 aliphatic rings. The molecule has 90 valence electrons. The van der Waals surface area contributed by atoms with Gasteiger partial charge in [0.05, 0.1) is 0 Å². The Hall–Kier alpha value is -0.0800. The molecule has 0 bridgehead atoms. The Labute approximate surface area is 95.4 Å². The molecule has 1 fully saturated rings. The summed E-state index contributed by atoms with van der Waals surface area (Å²) in [6.45, 7) is 11.7. The van der Waals surface area contributed by atoms with Crippen molar-refractivity contribution in [2.24, 2.45) is 0 Å². The Morgan fingerprint density at radius 1 is 1.27 bits per heavy atom. The highest BCUT2D eigenvalue weighted by atomic mass is 15.2. The van der Waals surface area contributed by atoms with E-state index in [2.05, 4.69) is 37.9 Å². The van der Waals surface area contributed by atoms with Crippen LogP contribution in [0, 0.1) is 0 Å². The fourth-order valence-electron chi connectivity index (χ4n) is 2.70. The van der Waals surface area contributed by atoms with Crippen LogP contribution in [0.1, 0.15) is 53.4 Å². The van der Waals surface area contributed by atoms with Gasteiger partial charge < -0.3 is 10.2 Å². The van der Waals surface area contributed by atoms with Crippen molar-refractivity contribution in [1.29, 1.82) is 0 Å². The second-order valence-corrected chi connectivity index (χ2v) is 4.88. The lowest BCUT2D eigenvalue weighted by molar-refractivity contribution is 0.137. The number of rotatable bonds is 5. The van der Waals surface area contributed by atoms with Crippen molar-refractivity contribution in [3.8, 4) is 0 Å². The number of likely N-dealkylation sites (tertiary alicyclic amines) is 1. The van der Waals surface area contributed by atoms with Gasteiger partial charge in [-0.25, -0.2) is 0 Å². The minimum absolute atomic E-state index is 0.732. The maximum Gasteiger partial charge on any atom is 0.00966 e. The zero-order valence-electron chi connectivity index (χ0n) is 10.9. The van der Waals surface area contributed by atoms with Crippen LogP contribution in [0.15, 0.2) is 0 Å². The van der Waals surface area contributed by atoms with Gasteiger partial charge in [-0.1, -0.05) is 20.8 Å². The fraction of sp³-hybridized carbons (Fsp3) is 1.00. The summed E-state index contributed by atoms with van der Waals surface area (Å²) >= 11 is 0. The molecule has 0 amide bonds. The zero-order chi connectivity index (χ0) is 11.3. The summed E-state index contributed by atoms with van der Waals surface area (Å²) in [6, 6.07) is 2.25. The Morgan fingerprint density at radius 3 is 2.40 bits per heavy atom. The van der Waals surface area contributed by atoms with E-state index in [-0.39, 0.29) is 0 Å². The number of nitrogens with one attached hydrogen (secondary N) is 1. The first-order valence-electron chi connectivity index (χ1n) is 6.71. The lowest BCUT2D eigenvalue weighted by Crippen LogP contribution is -2.49. The van der Waals surface area contributed by atoms with Crippen LogP contribution in [-0.2, 0) is 0 Å². The predicted molar refractivity (Wildman–Crippen MR) is 67.2 cm³/mol. The highest BCUT2D eigenvalue weighted by molar-refractivity contribution is 4.84.